The quantitative estimate of drug-likeness (QED) is 0.713. The number of aliphatic hydroxyl groups is 1. The Morgan fingerprint density at radius 1 is 1.53 bits per heavy atom. The molecule has 0 spiro atoms. The summed E-state index contributed by atoms with van der Waals surface area (Å²) in [5.74, 6) is -0.160. The number of anilines is 1. The van der Waals surface area contributed by atoms with Crippen LogP contribution < -0.4 is 5.32 Å². The van der Waals surface area contributed by atoms with Gasteiger partial charge in [0, 0.05) is 6.54 Å². The smallest absolute Gasteiger partial charge is 0.335 e. The predicted octanol–water partition coefficient (Wildman–Crippen LogP) is 1.62. The van der Waals surface area contributed by atoms with Gasteiger partial charge in [-0.15, -0.1) is 0 Å². The van der Waals surface area contributed by atoms with E-state index in [1.54, 1.807) is 0 Å². The molecule has 6 heteroatoms. The molecule has 1 aromatic heterocycles. The number of hydrogen-bond acceptors (Lipinski definition) is 4. The summed E-state index contributed by atoms with van der Waals surface area (Å²) in [4.78, 5) is 14.8. The van der Waals surface area contributed by atoms with E-state index in [1.807, 2.05) is 0 Å². The number of halogens is 1. The van der Waals surface area contributed by atoms with Gasteiger partial charge in [0.15, 0.2) is 0 Å². The first-order valence-electron chi connectivity index (χ1n) is 5.37. The maximum atomic E-state index is 10.8. The Hall–Kier alpha value is -1.33. The largest absolute Gasteiger partial charge is 0.478 e. The molecule has 5 nitrogen and oxygen atoms in total. The lowest BCUT2D eigenvalue weighted by Gasteiger charge is -2.31. The number of aromatic nitrogens is 1. The molecule has 1 fully saturated rings. The summed E-state index contributed by atoms with van der Waals surface area (Å²) in [6, 6.07) is 2.76. The molecular weight excluding hydrogens is 244 g/mol. The molecule has 17 heavy (non-hydrogen) atoms. The number of nitrogens with one attached hydrogen (secondary N) is 1. The highest BCUT2D eigenvalue weighted by molar-refractivity contribution is 6.29. The molecule has 1 saturated carbocycles. The lowest BCUT2D eigenvalue weighted by molar-refractivity contribution is 0.0486. The van der Waals surface area contributed by atoms with Crippen molar-refractivity contribution < 1.29 is 15.0 Å². The first kappa shape index (κ1) is 12.1. The highest BCUT2D eigenvalue weighted by atomic mass is 35.5. The Balaban J connectivity index is 1.98. The van der Waals surface area contributed by atoms with Crippen molar-refractivity contribution in [1.82, 2.24) is 4.98 Å². The standard InChI is InChI=1S/C11H13ClN2O3/c12-9-3-7(11(16)17)4-10(14-9)13-5-6-1-8(15)2-6/h3-4,6,8,15H,1-2,5H2,(H,13,14)(H,16,17). The molecule has 3 N–H and O–H groups in total. The average molecular weight is 257 g/mol. The van der Waals surface area contributed by atoms with Crippen LogP contribution in [-0.2, 0) is 0 Å². The van der Waals surface area contributed by atoms with Crippen LogP contribution >= 0.6 is 11.6 Å². The van der Waals surface area contributed by atoms with E-state index in [0.717, 1.165) is 12.8 Å². The minimum atomic E-state index is -1.03. The zero-order valence-electron chi connectivity index (χ0n) is 9.06. The van der Waals surface area contributed by atoms with Crippen LogP contribution in [0.25, 0.3) is 0 Å². The van der Waals surface area contributed by atoms with Crippen LogP contribution in [0.4, 0.5) is 5.82 Å². The first-order chi connectivity index (χ1) is 8.04. The van der Waals surface area contributed by atoms with Crippen LogP contribution in [0.2, 0.25) is 5.15 Å². The number of pyridine rings is 1. The third-order valence-corrected chi connectivity index (χ3v) is 3.02. The van der Waals surface area contributed by atoms with Crippen LogP contribution in [0.3, 0.4) is 0 Å². The molecule has 0 amide bonds. The zero-order valence-corrected chi connectivity index (χ0v) is 9.81. The third kappa shape index (κ3) is 3.08. The third-order valence-electron chi connectivity index (χ3n) is 2.82. The topological polar surface area (TPSA) is 82.5 Å². The number of carboxylic acid groups (broad SMARTS) is 1. The molecule has 1 aliphatic carbocycles. The summed E-state index contributed by atoms with van der Waals surface area (Å²) in [5, 5.41) is 21.2. The second-order valence-electron chi connectivity index (χ2n) is 4.24. The monoisotopic (exact) mass is 256 g/mol. The van der Waals surface area contributed by atoms with Crippen molar-refractivity contribution in [2.24, 2.45) is 5.92 Å². The highest BCUT2D eigenvalue weighted by Crippen LogP contribution is 2.27. The van der Waals surface area contributed by atoms with E-state index < -0.39 is 5.97 Å². The fourth-order valence-electron chi connectivity index (χ4n) is 1.83. The van der Waals surface area contributed by atoms with Gasteiger partial charge in [-0.05, 0) is 30.9 Å². The van der Waals surface area contributed by atoms with E-state index in [-0.39, 0.29) is 16.8 Å². The van der Waals surface area contributed by atoms with Gasteiger partial charge in [-0.2, -0.15) is 0 Å². The second kappa shape index (κ2) is 4.89. The van der Waals surface area contributed by atoms with Crippen LogP contribution in [0.15, 0.2) is 12.1 Å². The Kier molecular flexibility index (Phi) is 3.49. The summed E-state index contributed by atoms with van der Waals surface area (Å²) in [7, 11) is 0. The van der Waals surface area contributed by atoms with Crippen LogP contribution in [-0.4, -0.2) is 33.8 Å². The maximum Gasteiger partial charge on any atom is 0.335 e. The molecule has 0 aromatic carbocycles. The van der Waals surface area contributed by atoms with Crippen molar-refractivity contribution in [2.45, 2.75) is 18.9 Å². The van der Waals surface area contributed by atoms with E-state index in [2.05, 4.69) is 10.3 Å². The average Bonchev–Trinajstić information content (AvgIpc) is 2.22. The van der Waals surface area contributed by atoms with Crippen molar-refractivity contribution in [3.63, 3.8) is 0 Å². The maximum absolute atomic E-state index is 10.8. The van der Waals surface area contributed by atoms with Crippen molar-refractivity contribution in [1.29, 1.82) is 0 Å². The number of carbonyl (C=O) groups is 1. The lowest BCUT2D eigenvalue weighted by atomic mass is 9.82. The second-order valence-corrected chi connectivity index (χ2v) is 4.63. The number of nitrogens with zero attached hydrogens (tertiary/aromatic N) is 1. The van der Waals surface area contributed by atoms with Crippen molar-refractivity contribution in [3.8, 4) is 0 Å². The van der Waals surface area contributed by atoms with Gasteiger partial charge in [-0.25, -0.2) is 9.78 Å². The van der Waals surface area contributed by atoms with Crippen molar-refractivity contribution in [3.05, 3.63) is 22.8 Å². The van der Waals surface area contributed by atoms with Crippen molar-refractivity contribution in [2.75, 3.05) is 11.9 Å². The molecule has 0 aliphatic heterocycles. The van der Waals surface area contributed by atoms with Gasteiger partial charge < -0.3 is 15.5 Å². The van der Waals surface area contributed by atoms with E-state index in [9.17, 15) is 4.79 Å². The van der Waals surface area contributed by atoms with Gasteiger partial charge in [-0.3, -0.25) is 0 Å². The Morgan fingerprint density at radius 2 is 2.24 bits per heavy atom. The summed E-state index contributed by atoms with van der Waals surface area (Å²) >= 11 is 5.73. The van der Waals surface area contributed by atoms with Crippen LogP contribution in [0.1, 0.15) is 23.2 Å². The molecule has 0 unspecified atom stereocenters. The summed E-state index contributed by atoms with van der Waals surface area (Å²) in [5.41, 5.74) is 0.112. The molecule has 0 radical (unpaired) electrons. The number of aliphatic hydroxyl groups excluding tert-OH is 1. The molecule has 92 valence electrons. The Labute approximate surface area is 103 Å². The molecule has 1 aliphatic rings. The van der Waals surface area contributed by atoms with Gasteiger partial charge in [0.25, 0.3) is 0 Å². The Bertz CT molecular complexity index is 433. The number of aromatic carboxylic acids is 1. The van der Waals surface area contributed by atoms with Crippen LogP contribution in [0, 0.1) is 5.92 Å². The molecule has 0 bridgehead atoms. The fraction of sp³-hybridized carbons (Fsp3) is 0.455. The van der Waals surface area contributed by atoms with Gasteiger partial charge in [0.1, 0.15) is 11.0 Å². The normalized spacial score (nSPS) is 22.9. The predicted molar refractivity (Wildman–Crippen MR) is 63.4 cm³/mol. The SMILES string of the molecule is O=C(O)c1cc(Cl)nc(NCC2CC(O)C2)c1. The fourth-order valence-corrected chi connectivity index (χ4v) is 2.04. The summed E-state index contributed by atoms with van der Waals surface area (Å²) in [6.07, 6.45) is 1.36. The molecule has 2 rings (SSSR count). The van der Waals surface area contributed by atoms with Gasteiger partial charge in [0.05, 0.1) is 11.7 Å². The molecular formula is C11H13ClN2O3. The minimum absolute atomic E-state index is 0.112. The highest BCUT2D eigenvalue weighted by Gasteiger charge is 2.26. The number of rotatable bonds is 4. The van der Waals surface area contributed by atoms with E-state index >= 15 is 0 Å². The molecule has 1 aromatic rings. The van der Waals surface area contributed by atoms with E-state index in [4.69, 9.17) is 21.8 Å². The van der Waals surface area contributed by atoms with Gasteiger partial charge >= 0.3 is 5.97 Å². The van der Waals surface area contributed by atoms with Gasteiger partial charge in [-0.1, -0.05) is 11.6 Å². The minimum Gasteiger partial charge on any atom is -0.478 e. The molecule has 0 saturated heterocycles. The van der Waals surface area contributed by atoms with Crippen LogP contribution in [0.5, 0.6) is 0 Å². The number of hydrogen-bond donors (Lipinski definition) is 3. The first-order valence-corrected chi connectivity index (χ1v) is 5.75. The summed E-state index contributed by atoms with van der Waals surface area (Å²) < 4.78 is 0. The Morgan fingerprint density at radius 3 is 2.82 bits per heavy atom. The molecule has 0 atom stereocenters. The lowest BCUT2D eigenvalue weighted by Crippen LogP contribution is -2.33. The van der Waals surface area contributed by atoms with Crippen molar-refractivity contribution >= 4 is 23.4 Å². The number of carboxylic acids is 1. The molecule has 1 heterocycles. The van der Waals surface area contributed by atoms with E-state index in [0.29, 0.717) is 18.3 Å². The van der Waals surface area contributed by atoms with Gasteiger partial charge in [0.2, 0.25) is 0 Å². The summed E-state index contributed by atoms with van der Waals surface area (Å²) in [6.45, 7) is 0.670. The van der Waals surface area contributed by atoms with E-state index in [1.165, 1.54) is 12.1 Å². The zero-order chi connectivity index (χ0) is 12.4.